The zero-order valence-electron chi connectivity index (χ0n) is 16.5. The molecule has 3 nitrogen and oxygen atoms in total. The van der Waals surface area contributed by atoms with Crippen LogP contribution in [-0.2, 0) is 0 Å². The van der Waals surface area contributed by atoms with Crippen molar-refractivity contribution < 1.29 is 0 Å². The van der Waals surface area contributed by atoms with Crippen LogP contribution in [0.3, 0.4) is 0 Å². The molecular formula is C21H39N3S. The number of nitrogens with one attached hydrogen (secondary N) is 1. The molecule has 2 saturated heterocycles. The van der Waals surface area contributed by atoms with Crippen molar-refractivity contribution in [2.45, 2.75) is 77.7 Å². The van der Waals surface area contributed by atoms with Gasteiger partial charge in [0, 0.05) is 13.1 Å². The van der Waals surface area contributed by atoms with Crippen LogP contribution in [0.1, 0.15) is 71.6 Å². The van der Waals surface area contributed by atoms with Gasteiger partial charge in [0.25, 0.3) is 0 Å². The first-order valence-electron chi connectivity index (χ1n) is 10.9. The van der Waals surface area contributed by atoms with Crippen LogP contribution in [0.4, 0.5) is 0 Å². The fraction of sp³-hybridized carbons (Fsp3) is 0.952. The summed E-state index contributed by atoms with van der Waals surface area (Å²) in [4.78, 5) is 5.24. The van der Waals surface area contributed by atoms with Crippen molar-refractivity contribution in [1.82, 2.24) is 15.1 Å². The summed E-state index contributed by atoms with van der Waals surface area (Å²) in [7, 11) is 0. The molecule has 0 aromatic heterocycles. The molecule has 3 aliphatic rings. The fourth-order valence-corrected chi connectivity index (χ4v) is 5.42. The van der Waals surface area contributed by atoms with Crippen LogP contribution in [0.5, 0.6) is 0 Å². The van der Waals surface area contributed by atoms with E-state index in [0.717, 1.165) is 29.4 Å². The Kier molecular flexibility index (Phi) is 7.41. The standard InChI is InChI=1S/C21H39N3S/c1-3-17(2)20-15-22-21(25)24(20)16-19-10-13-23(14-11-19)12-6-9-18-7-4-5-8-18/h17-20H,3-16H2,1-2H3,(H,22,25)/t17-,20+/m0/s1. The lowest BCUT2D eigenvalue weighted by atomic mass is 9.93. The Balaban J connectivity index is 1.36. The molecule has 1 aliphatic carbocycles. The average Bonchev–Trinajstić information content (AvgIpc) is 3.26. The highest BCUT2D eigenvalue weighted by atomic mass is 32.1. The number of hydrogen-bond donors (Lipinski definition) is 1. The summed E-state index contributed by atoms with van der Waals surface area (Å²) in [5.41, 5.74) is 0. The molecule has 3 fully saturated rings. The minimum atomic E-state index is 0.613. The molecule has 2 atom stereocenters. The molecule has 4 heteroatoms. The first kappa shape index (κ1) is 19.4. The maximum atomic E-state index is 5.59. The quantitative estimate of drug-likeness (QED) is 0.647. The highest BCUT2D eigenvalue weighted by Gasteiger charge is 2.33. The maximum Gasteiger partial charge on any atom is 0.169 e. The SMILES string of the molecule is CC[C@H](C)[C@H]1CNC(=S)N1CC1CCN(CCCC2CCCC2)CC1. The Hall–Kier alpha value is -0.350. The molecule has 0 radical (unpaired) electrons. The van der Waals surface area contributed by atoms with Gasteiger partial charge in [-0.1, -0.05) is 46.0 Å². The molecule has 25 heavy (non-hydrogen) atoms. The molecule has 144 valence electrons. The maximum absolute atomic E-state index is 5.59. The molecule has 2 heterocycles. The second kappa shape index (κ2) is 9.55. The zero-order chi connectivity index (χ0) is 17.6. The van der Waals surface area contributed by atoms with Crippen LogP contribution in [0.15, 0.2) is 0 Å². The van der Waals surface area contributed by atoms with E-state index in [9.17, 15) is 0 Å². The monoisotopic (exact) mass is 365 g/mol. The summed E-state index contributed by atoms with van der Waals surface area (Å²) >= 11 is 5.59. The molecule has 0 spiro atoms. The number of nitrogens with zero attached hydrogens (tertiary/aromatic N) is 2. The smallest absolute Gasteiger partial charge is 0.169 e. The molecule has 0 amide bonds. The van der Waals surface area contributed by atoms with Gasteiger partial charge in [-0.2, -0.15) is 0 Å². The van der Waals surface area contributed by atoms with Crippen LogP contribution in [0.25, 0.3) is 0 Å². The van der Waals surface area contributed by atoms with E-state index in [0.29, 0.717) is 6.04 Å². The Bertz CT molecular complexity index is 413. The first-order valence-corrected chi connectivity index (χ1v) is 11.3. The zero-order valence-corrected chi connectivity index (χ0v) is 17.3. The van der Waals surface area contributed by atoms with E-state index in [1.165, 1.54) is 84.0 Å². The summed E-state index contributed by atoms with van der Waals surface area (Å²) in [6, 6.07) is 0.613. The number of hydrogen-bond acceptors (Lipinski definition) is 2. The normalized spacial score (nSPS) is 27.8. The Morgan fingerprint density at radius 3 is 2.52 bits per heavy atom. The molecule has 2 aliphatic heterocycles. The van der Waals surface area contributed by atoms with Crippen molar-refractivity contribution >= 4 is 17.3 Å². The summed E-state index contributed by atoms with van der Waals surface area (Å²) in [5.74, 6) is 2.61. The summed E-state index contributed by atoms with van der Waals surface area (Å²) < 4.78 is 0. The van der Waals surface area contributed by atoms with Gasteiger partial charge in [-0.25, -0.2) is 0 Å². The van der Waals surface area contributed by atoms with Gasteiger partial charge in [0.2, 0.25) is 0 Å². The van der Waals surface area contributed by atoms with E-state index in [2.05, 4.69) is 29.0 Å². The third kappa shape index (κ3) is 5.32. The van der Waals surface area contributed by atoms with E-state index < -0.39 is 0 Å². The van der Waals surface area contributed by atoms with Crippen LogP contribution >= 0.6 is 12.2 Å². The van der Waals surface area contributed by atoms with Crippen LogP contribution < -0.4 is 5.32 Å². The van der Waals surface area contributed by atoms with Crippen molar-refractivity contribution in [3.05, 3.63) is 0 Å². The van der Waals surface area contributed by atoms with Gasteiger partial charge in [-0.3, -0.25) is 0 Å². The van der Waals surface area contributed by atoms with Crippen molar-refractivity contribution in [2.24, 2.45) is 17.8 Å². The number of thiocarbonyl (C=S) groups is 1. The Morgan fingerprint density at radius 2 is 1.84 bits per heavy atom. The van der Waals surface area contributed by atoms with Crippen molar-refractivity contribution in [1.29, 1.82) is 0 Å². The number of rotatable bonds is 8. The van der Waals surface area contributed by atoms with E-state index in [-0.39, 0.29) is 0 Å². The van der Waals surface area contributed by atoms with Gasteiger partial charge < -0.3 is 15.1 Å². The van der Waals surface area contributed by atoms with Crippen molar-refractivity contribution in [2.75, 3.05) is 32.7 Å². The van der Waals surface area contributed by atoms with Gasteiger partial charge in [0.05, 0.1) is 6.04 Å². The molecule has 1 saturated carbocycles. The third-order valence-corrected chi connectivity index (χ3v) is 7.53. The third-order valence-electron chi connectivity index (χ3n) is 7.15. The lowest BCUT2D eigenvalue weighted by Crippen LogP contribution is -2.44. The van der Waals surface area contributed by atoms with E-state index in [4.69, 9.17) is 12.2 Å². The number of likely N-dealkylation sites (tertiary alicyclic amines) is 1. The van der Waals surface area contributed by atoms with Crippen molar-refractivity contribution in [3.8, 4) is 0 Å². The van der Waals surface area contributed by atoms with Crippen LogP contribution in [0.2, 0.25) is 0 Å². The second-order valence-electron chi connectivity index (χ2n) is 8.87. The molecule has 3 rings (SSSR count). The largest absolute Gasteiger partial charge is 0.360 e. The minimum Gasteiger partial charge on any atom is -0.360 e. The fourth-order valence-electron chi connectivity index (χ4n) is 5.13. The Labute approximate surface area is 160 Å². The highest BCUT2D eigenvalue weighted by Crippen LogP contribution is 2.29. The van der Waals surface area contributed by atoms with E-state index in [1.807, 2.05) is 0 Å². The van der Waals surface area contributed by atoms with Gasteiger partial charge in [-0.15, -0.1) is 0 Å². The van der Waals surface area contributed by atoms with Gasteiger partial charge >= 0.3 is 0 Å². The molecule has 1 N–H and O–H groups in total. The predicted molar refractivity (Wildman–Crippen MR) is 111 cm³/mol. The molecule has 0 aromatic rings. The minimum absolute atomic E-state index is 0.613. The number of piperidine rings is 1. The average molecular weight is 366 g/mol. The Morgan fingerprint density at radius 1 is 1.12 bits per heavy atom. The molecule has 0 aromatic carbocycles. The van der Waals surface area contributed by atoms with E-state index in [1.54, 1.807) is 0 Å². The molecule has 0 unspecified atom stereocenters. The van der Waals surface area contributed by atoms with Gasteiger partial charge in [-0.05, 0) is 75.3 Å². The molecular weight excluding hydrogens is 326 g/mol. The lowest BCUT2D eigenvalue weighted by Gasteiger charge is -2.37. The highest BCUT2D eigenvalue weighted by molar-refractivity contribution is 7.80. The van der Waals surface area contributed by atoms with Crippen LogP contribution in [-0.4, -0.2) is 53.7 Å². The second-order valence-corrected chi connectivity index (χ2v) is 9.26. The summed E-state index contributed by atoms with van der Waals surface area (Å²) in [5, 5.41) is 4.44. The first-order chi connectivity index (χ1) is 12.2. The summed E-state index contributed by atoms with van der Waals surface area (Å²) in [6.45, 7) is 10.8. The lowest BCUT2D eigenvalue weighted by molar-refractivity contribution is 0.147. The topological polar surface area (TPSA) is 18.5 Å². The van der Waals surface area contributed by atoms with Gasteiger partial charge in [0.1, 0.15) is 0 Å². The van der Waals surface area contributed by atoms with Crippen LogP contribution in [0, 0.1) is 17.8 Å². The summed E-state index contributed by atoms with van der Waals surface area (Å²) in [6.07, 6.45) is 12.8. The van der Waals surface area contributed by atoms with Gasteiger partial charge in [0.15, 0.2) is 5.11 Å². The van der Waals surface area contributed by atoms with E-state index >= 15 is 0 Å². The molecule has 0 bridgehead atoms. The predicted octanol–water partition coefficient (Wildman–Crippen LogP) is 4.27. The van der Waals surface area contributed by atoms with Crippen molar-refractivity contribution in [3.63, 3.8) is 0 Å².